The normalized spacial score (nSPS) is 16.1. The van der Waals surface area contributed by atoms with Crippen LogP contribution in [0.3, 0.4) is 0 Å². The van der Waals surface area contributed by atoms with Crippen LogP contribution in [0.1, 0.15) is 39.9 Å². The summed E-state index contributed by atoms with van der Waals surface area (Å²) in [5, 5.41) is 0. The molecule has 0 N–H and O–H groups in total. The lowest BCUT2D eigenvalue weighted by atomic mass is 9.87. The Labute approximate surface area is 114 Å². The molecular formula is C18H18O. The predicted molar refractivity (Wildman–Crippen MR) is 77.6 cm³/mol. The van der Waals surface area contributed by atoms with Crippen LogP contribution in [0.4, 0.5) is 0 Å². The Morgan fingerprint density at radius 1 is 0.947 bits per heavy atom. The molecule has 1 saturated carbocycles. The zero-order chi connectivity index (χ0) is 13.5. The Kier molecular flexibility index (Phi) is 2.78. The average molecular weight is 250 g/mol. The molecule has 2 aromatic carbocycles. The minimum absolute atomic E-state index is 0.247. The number of hydrogen-bond donors (Lipinski definition) is 0. The van der Waals surface area contributed by atoms with Crippen LogP contribution >= 0.6 is 0 Å². The Morgan fingerprint density at radius 3 is 2.21 bits per heavy atom. The largest absolute Gasteiger partial charge is 0.293 e. The second-order valence-electron chi connectivity index (χ2n) is 5.58. The first-order valence-electron chi connectivity index (χ1n) is 6.81. The van der Waals surface area contributed by atoms with E-state index >= 15 is 0 Å². The minimum Gasteiger partial charge on any atom is -0.293 e. The van der Waals surface area contributed by atoms with Gasteiger partial charge in [-0.15, -0.1) is 0 Å². The molecule has 19 heavy (non-hydrogen) atoms. The van der Waals surface area contributed by atoms with Crippen LogP contribution in [-0.2, 0) is 5.41 Å². The molecule has 0 amide bonds. The lowest BCUT2D eigenvalue weighted by molar-refractivity contribution is 0.0946. The maximum absolute atomic E-state index is 12.8. The van der Waals surface area contributed by atoms with Crippen molar-refractivity contribution in [2.24, 2.45) is 0 Å². The van der Waals surface area contributed by atoms with Gasteiger partial charge >= 0.3 is 0 Å². The molecule has 0 aromatic heterocycles. The molecule has 0 atom stereocenters. The van der Waals surface area contributed by atoms with Crippen LogP contribution in [0.25, 0.3) is 0 Å². The lowest BCUT2D eigenvalue weighted by Crippen LogP contribution is -2.20. The summed E-state index contributed by atoms with van der Waals surface area (Å²) in [5.41, 5.74) is 4.20. The van der Waals surface area contributed by atoms with Crippen LogP contribution < -0.4 is 0 Å². The number of ketones is 1. The van der Waals surface area contributed by atoms with E-state index in [1.807, 2.05) is 36.4 Å². The van der Waals surface area contributed by atoms with Crippen molar-refractivity contribution in [2.75, 3.05) is 0 Å². The van der Waals surface area contributed by atoms with Gasteiger partial charge in [0.25, 0.3) is 0 Å². The van der Waals surface area contributed by atoms with Crippen LogP contribution in [0.2, 0.25) is 0 Å². The predicted octanol–water partition coefficient (Wildman–Crippen LogP) is 4.22. The van der Waals surface area contributed by atoms with Crippen molar-refractivity contribution in [1.29, 1.82) is 0 Å². The molecule has 0 bridgehead atoms. The molecule has 96 valence electrons. The number of carbonyl (C=O) groups is 1. The molecule has 1 aliphatic carbocycles. The third kappa shape index (κ3) is 1.99. The van der Waals surface area contributed by atoms with Crippen LogP contribution in [-0.4, -0.2) is 5.78 Å². The Hall–Kier alpha value is -1.89. The van der Waals surface area contributed by atoms with Gasteiger partial charge < -0.3 is 0 Å². The zero-order valence-corrected chi connectivity index (χ0v) is 11.4. The van der Waals surface area contributed by atoms with E-state index in [0.29, 0.717) is 0 Å². The van der Waals surface area contributed by atoms with Crippen molar-refractivity contribution >= 4 is 5.78 Å². The number of Topliss-reactive ketones (excluding diaryl/α,β-unsaturated/α-hetero) is 1. The van der Waals surface area contributed by atoms with Crippen LogP contribution in [0.15, 0.2) is 48.5 Å². The van der Waals surface area contributed by atoms with E-state index in [1.165, 1.54) is 16.7 Å². The summed E-state index contributed by atoms with van der Waals surface area (Å²) >= 11 is 0. The fourth-order valence-electron chi connectivity index (χ4n) is 2.69. The molecule has 0 heterocycles. The highest BCUT2D eigenvalue weighted by Gasteiger charge is 2.50. The van der Waals surface area contributed by atoms with E-state index in [4.69, 9.17) is 0 Å². The molecule has 1 heteroatoms. The second kappa shape index (κ2) is 4.34. The Morgan fingerprint density at radius 2 is 1.63 bits per heavy atom. The zero-order valence-electron chi connectivity index (χ0n) is 11.4. The summed E-state index contributed by atoms with van der Waals surface area (Å²) in [7, 11) is 0. The van der Waals surface area contributed by atoms with E-state index in [2.05, 4.69) is 26.0 Å². The first-order valence-corrected chi connectivity index (χ1v) is 6.81. The van der Waals surface area contributed by atoms with E-state index in [-0.39, 0.29) is 11.2 Å². The molecule has 1 fully saturated rings. The molecule has 0 saturated heterocycles. The average Bonchev–Trinajstić information content (AvgIpc) is 3.24. The summed E-state index contributed by atoms with van der Waals surface area (Å²) in [5.74, 6) is 0.279. The molecule has 1 aliphatic rings. The van der Waals surface area contributed by atoms with Gasteiger partial charge in [0, 0.05) is 5.56 Å². The van der Waals surface area contributed by atoms with Crippen molar-refractivity contribution in [2.45, 2.75) is 32.1 Å². The lowest BCUT2D eigenvalue weighted by Gasteiger charge is -2.15. The molecule has 0 spiro atoms. The highest BCUT2D eigenvalue weighted by atomic mass is 16.1. The van der Waals surface area contributed by atoms with Gasteiger partial charge in [0.2, 0.25) is 0 Å². The number of rotatable bonds is 3. The second-order valence-corrected chi connectivity index (χ2v) is 5.58. The minimum atomic E-state index is -0.247. The first kappa shape index (κ1) is 12.2. The van der Waals surface area contributed by atoms with E-state index in [1.54, 1.807) is 0 Å². The third-order valence-corrected chi connectivity index (χ3v) is 4.28. The molecule has 0 aliphatic heterocycles. The smallest absolute Gasteiger partial charge is 0.173 e. The Balaban J connectivity index is 1.98. The maximum atomic E-state index is 12.8. The topological polar surface area (TPSA) is 17.1 Å². The monoisotopic (exact) mass is 250 g/mol. The van der Waals surface area contributed by atoms with Gasteiger partial charge in [0.05, 0.1) is 5.41 Å². The molecule has 2 aromatic rings. The highest BCUT2D eigenvalue weighted by Crippen LogP contribution is 2.50. The summed E-state index contributed by atoms with van der Waals surface area (Å²) < 4.78 is 0. The van der Waals surface area contributed by atoms with Crippen molar-refractivity contribution < 1.29 is 4.79 Å². The molecule has 3 rings (SSSR count). The highest BCUT2D eigenvalue weighted by molar-refractivity contribution is 6.06. The third-order valence-electron chi connectivity index (χ3n) is 4.28. The SMILES string of the molecule is Cc1ccc(C(=O)C2(c3ccccc3)CC2)cc1C. The van der Waals surface area contributed by atoms with Crippen molar-refractivity contribution in [3.8, 4) is 0 Å². The van der Waals surface area contributed by atoms with Gasteiger partial charge in [-0.25, -0.2) is 0 Å². The standard InChI is InChI=1S/C18H18O/c1-13-8-9-15(12-14(13)2)17(19)18(10-11-18)16-6-4-3-5-7-16/h3-9,12H,10-11H2,1-2H3. The van der Waals surface area contributed by atoms with Crippen LogP contribution in [0, 0.1) is 13.8 Å². The van der Waals surface area contributed by atoms with E-state index in [0.717, 1.165) is 18.4 Å². The van der Waals surface area contributed by atoms with Gasteiger partial charge in [-0.05, 0) is 49.4 Å². The van der Waals surface area contributed by atoms with E-state index < -0.39 is 0 Å². The van der Waals surface area contributed by atoms with Gasteiger partial charge in [0.1, 0.15) is 0 Å². The van der Waals surface area contributed by atoms with Crippen molar-refractivity contribution in [3.05, 3.63) is 70.8 Å². The van der Waals surface area contributed by atoms with Gasteiger partial charge in [0.15, 0.2) is 5.78 Å². The number of hydrogen-bond acceptors (Lipinski definition) is 1. The fourth-order valence-corrected chi connectivity index (χ4v) is 2.69. The van der Waals surface area contributed by atoms with Gasteiger partial charge in [-0.2, -0.15) is 0 Å². The van der Waals surface area contributed by atoms with Gasteiger partial charge in [-0.3, -0.25) is 4.79 Å². The summed E-state index contributed by atoms with van der Waals surface area (Å²) in [6.45, 7) is 4.14. The fraction of sp³-hybridized carbons (Fsp3) is 0.278. The molecule has 0 radical (unpaired) electrons. The molecule has 1 nitrogen and oxygen atoms in total. The van der Waals surface area contributed by atoms with Crippen molar-refractivity contribution in [3.63, 3.8) is 0 Å². The number of aryl methyl sites for hydroxylation is 2. The van der Waals surface area contributed by atoms with Crippen LogP contribution in [0.5, 0.6) is 0 Å². The number of benzene rings is 2. The van der Waals surface area contributed by atoms with Gasteiger partial charge in [-0.1, -0.05) is 42.5 Å². The first-order chi connectivity index (χ1) is 9.13. The summed E-state index contributed by atoms with van der Waals surface area (Å²) in [6.07, 6.45) is 1.95. The maximum Gasteiger partial charge on any atom is 0.173 e. The summed E-state index contributed by atoms with van der Waals surface area (Å²) in [4.78, 5) is 12.8. The number of carbonyl (C=O) groups excluding carboxylic acids is 1. The Bertz CT molecular complexity index is 621. The quantitative estimate of drug-likeness (QED) is 0.745. The molecule has 0 unspecified atom stereocenters. The van der Waals surface area contributed by atoms with Crippen molar-refractivity contribution in [1.82, 2.24) is 0 Å². The van der Waals surface area contributed by atoms with E-state index in [9.17, 15) is 4.79 Å². The molecular weight excluding hydrogens is 232 g/mol. The summed E-state index contributed by atoms with van der Waals surface area (Å²) in [6, 6.07) is 16.2.